The maximum absolute atomic E-state index is 16.4. The number of aromatic amines is 2. The highest BCUT2D eigenvalue weighted by Crippen LogP contribution is 2.68. The number of aromatic nitrogens is 10. The molecule has 494 valence electrons. The number of imidazole rings is 2. The van der Waals surface area contributed by atoms with Gasteiger partial charge in [0.15, 0.2) is 22.6 Å². The number of nitrogens with one attached hydrogen (secondary N) is 2. The first-order chi connectivity index (χ1) is 46.0. The highest BCUT2D eigenvalue weighted by Gasteiger charge is 2.49. The highest BCUT2D eigenvalue weighted by atomic mass is 32.7. The predicted octanol–water partition coefficient (Wildman–Crippen LogP) is 10.1. The molecule has 0 radical (unpaired) electrons. The standard InChI is InChI=1S/C64H66N12O15P2S2/c1-38-28-52(74-31-39(2)60(77)73-63(74)79)87-49(38)33-85-92(80,94-45-16-10-6-11-17-45)91-48-30-54(76-37-70-56-59(76)71-62(66)72-61(56)78)89-51(48)34-86-93(81,95-46-18-12-7-13-19-46)90-47-29-53(75-36-69-55-57(65)67-35-68-58(55)75)88-50(47)32-84-64(40-14-8-5-9-15-40,41-20-24-43(82-3)25-21-41)42-22-26-44(83-4)27-23-42/h5-27,31,35-38,47-54H,28-30,32-34H2,1-4H3,(H2,65,67,68)(H,73,77,79)(H3,66,71,72,78)/t38-,47-,48-,49-,50-,51-,52-,53-,54-,92?,93?/m1/s1. The van der Waals surface area contributed by atoms with Crippen molar-refractivity contribution in [1.82, 2.24) is 48.6 Å². The Morgan fingerprint density at radius 2 is 1.07 bits per heavy atom. The number of H-pyrrole nitrogens is 2. The lowest BCUT2D eigenvalue weighted by Gasteiger charge is -2.37. The minimum absolute atomic E-state index is 0.0294. The summed E-state index contributed by atoms with van der Waals surface area (Å²) < 4.78 is 102. The molecular weight excluding hydrogens is 1300 g/mol. The first kappa shape index (κ1) is 65.4. The lowest BCUT2D eigenvalue weighted by atomic mass is 9.80. The van der Waals surface area contributed by atoms with Crippen LogP contribution >= 0.6 is 36.4 Å². The van der Waals surface area contributed by atoms with E-state index in [9.17, 15) is 14.4 Å². The predicted molar refractivity (Wildman–Crippen MR) is 353 cm³/mol. The van der Waals surface area contributed by atoms with E-state index in [4.69, 9.17) is 58.0 Å². The Bertz CT molecular complexity index is 4580. The number of hydrogen-bond donors (Lipinski definition) is 4. The molecule has 0 spiro atoms. The largest absolute Gasteiger partial charge is 0.497 e. The molecule has 31 heteroatoms. The molecule has 6 N–H and O–H groups in total. The van der Waals surface area contributed by atoms with Gasteiger partial charge in [0, 0.05) is 34.4 Å². The normalized spacial score (nSPS) is 22.6. The van der Waals surface area contributed by atoms with Crippen LogP contribution in [0, 0.1) is 12.8 Å². The van der Waals surface area contributed by atoms with E-state index in [-0.39, 0.29) is 54.9 Å². The molecule has 13 rings (SSSR count). The van der Waals surface area contributed by atoms with E-state index in [0.717, 1.165) is 39.5 Å². The van der Waals surface area contributed by atoms with Crippen molar-refractivity contribution in [1.29, 1.82) is 0 Å². The minimum Gasteiger partial charge on any atom is -0.497 e. The first-order valence-corrected chi connectivity index (χ1v) is 36.2. The highest BCUT2D eigenvalue weighted by molar-refractivity contribution is 8.55. The molecule has 0 saturated carbocycles. The van der Waals surface area contributed by atoms with Crippen molar-refractivity contribution in [3.05, 3.63) is 218 Å². The van der Waals surface area contributed by atoms with E-state index in [1.165, 1.54) is 28.0 Å². The van der Waals surface area contributed by atoms with Crippen LogP contribution in [0.15, 0.2) is 189 Å². The number of benzene rings is 5. The van der Waals surface area contributed by atoms with E-state index in [0.29, 0.717) is 44.4 Å². The second kappa shape index (κ2) is 27.8. The van der Waals surface area contributed by atoms with Gasteiger partial charge in [-0.1, -0.05) is 97.9 Å². The number of nitrogens with two attached hydrogens (primary N) is 2. The quantitative estimate of drug-likeness (QED) is 0.0305. The van der Waals surface area contributed by atoms with Gasteiger partial charge in [0.2, 0.25) is 5.95 Å². The number of rotatable bonds is 25. The van der Waals surface area contributed by atoms with Gasteiger partial charge in [-0.2, -0.15) is 4.98 Å². The van der Waals surface area contributed by atoms with E-state index in [1.807, 2.05) is 97.9 Å². The van der Waals surface area contributed by atoms with Crippen molar-refractivity contribution in [3.63, 3.8) is 0 Å². The van der Waals surface area contributed by atoms with Crippen molar-refractivity contribution in [2.75, 3.05) is 45.5 Å². The molecule has 8 heterocycles. The summed E-state index contributed by atoms with van der Waals surface area (Å²) >= 11 is 1.71. The van der Waals surface area contributed by atoms with Crippen LogP contribution in [-0.4, -0.2) is 113 Å². The molecule has 2 unspecified atom stereocenters. The number of methoxy groups -OCH3 is 2. The Morgan fingerprint density at radius 3 is 1.64 bits per heavy atom. The summed E-state index contributed by atoms with van der Waals surface area (Å²) in [7, 11) is 3.19. The molecule has 3 fully saturated rings. The zero-order valence-corrected chi connectivity index (χ0v) is 55.0. The molecule has 3 aliphatic heterocycles. The lowest BCUT2D eigenvalue weighted by molar-refractivity contribution is -0.0914. The molecule has 5 aromatic heterocycles. The van der Waals surface area contributed by atoms with Gasteiger partial charge in [-0.05, 0) is 107 Å². The Kier molecular flexibility index (Phi) is 19.1. The smallest absolute Gasteiger partial charge is 0.394 e. The van der Waals surface area contributed by atoms with Crippen LogP contribution in [-0.2, 0) is 51.8 Å². The number of nitrogens with zero attached hydrogens (tertiary/aromatic N) is 8. The average Bonchev–Trinajstić information content (AvgIpc) is 0.914. The van der Waals surface area contributed by atoms with Gasteiger partial charge in [-0.15, -0.1) is 0 Å². The van der Waals surface area contributed by atoms with E-state index >= 15 is 9.13 Å². The molecule has 3 aliphatic rings. The summed E-state index contributed by atoms with van der Waals surface area (Å²) in [5, 5.41) is 0. The fraction of sp³-hybridized carbons (Fsp3) is 0.312. The van der Waals surface area contributed by atoms with E-state index in [2.05, 4.69) is 34.9 Å². The van der Waals surface area contributed by atoms with Crippen LogP contribution in [0.25, 0.3) is 22.3 Å². The number of aryl methyl sites for hydroxylation is 1. The molecule has 0 aliphatic carbocycles. The SMILES string of the molecule is COc1ccc(C(OC[C@H]2O[C@@H](n3cnc4c(N)ncnc43)C[C@H]2OP(=O)(OC[C@H]2O[C@@H](n3cnc4c(=O)[nH]c(N)nc43)C[C@H]2OP(=O)(OC[C@H]2O[C@@H](n3cc(C)c(=O)[nH]c3=O)C[C@H]2C)Sc2ccccc2)Sc2ccccc2)(c2ccccc2)c2ccc(OC)cc2)cc1. The van der Waals surface area contributed by atoms with Crippen LogP contribution in [0.4, 0.5) is 11.8 Å². The average molecular weight is 1370 g/mol. The molecule has 27 nitrogen and oxygen atoms in total. The van der Waals surface area contributed by atoms with Gasteiger partial charge < -0.3 is 39.9 Å². The molecular formula is C64H66N12O15P2S2. The molecule has 5 aromatic carbocycles. The summed E-state index contributed by atoms with van der Waals surface area (Å²) in [5.41, 5.74) is 12.7. The topological polar surface area (TPSA) is 341 Å². The maximum Gasteiger partial charge on any atom is 0.394 e. The van der Waals surface area contributed by atoms with Gasteiger partial charge in [-0.3, -0.25) is 51.4 Å². The van der Waals surface area contributed by atoms with Gasteiger partial charge in [0.05, 0.1) is 52.8 Å². The molecule has 95 heavy (non-hydrogen) atoms. The second-order valence-corrected chi connectivity index (χ2v) is 30.6. The van der Waals surface area contributed by atoms with Crippen LogP contribution in [0.1, 0.15) is 67.1 Å². The Hall–Kier alpha value is -8.28. The molecule has 3 saturated heterocycles. The number of nitrogen functional groups attached to an aromatic ring is 2. The van der Waals surface area contributed by atoms with Gasteiger partial charge in [0.25, 0.3) is 11.1 Å². The molecule has 0 amide bonds. The third kappa shape index (κ3) is 13.9. The maximum atomic E-state index is 16.4. The summed E-state index contributed by atoms with van der Waals surface area (Å²) in [6.07, 6.45) is -1.80. The number of ether oxygens (including phenoxy) is 6. The second-order valence-electron chi connectivity index (χ2n) is 22.8. The number of anilines is 2. The summed E-state index contributed by atoms with van der Waals surface area (Å²) in [6, 6.07) is 42.7. The summed E-state index contributed by atoms with van der Waals surface area (Å²) in [6.45, 7) is -6.39. The van der Waals surface area contributed by atoms with Crippen molar-refractivity contribution in [2.24, 2.45) is 5.92 Å². The van der Waals surface area contributed by atoms with Crippen LogP contribution in [0.2, 0.25) is 0 Å². The van der Waals surface area contributed by atoms with Crippen molar-refractivity contribution >= 4 is 70.5 Å². The lowest BCUT2D eigenvalue weighted by Crippen LogP contribution is -2.38. The molecule has 10 aromatic rings. The fourth-order valence-corrected chi connectivity index (χ4v) is 18.9. The van der Waals surface area contributed by atoms with Gasteiger partial charge in [0.1, 0.15) is 72.0 Å². The van der Waals surface area contributed by atoms with E-state index in [1.54, 1.807) is 80.6 Å². The Labute approximate surface area is 550 Å². The Balaban J connectivity index is 0.849. The first-order valence-electron chi connectivity index (χ1n) is 30.2. The van der Waals surface area contributed by atoms with Crippen LogP contribution in [0.3, 0.4) is 0 Å². The number of fused-ring (bicyclic) bond motifs is 2. The van der Waals surface area contributed by atoms with Crippen molar-refractivity contribution < 1.29 is 55.6 Å². The third-order valence-electron chi connectivity index (χ3n) is 16.7. The molecule has 11 atom stereocenters. The van der Waals surface area contributed by atoms with Crippen LogP contribution in [0.5, 0.6) is 11.5 Å². The van der Waals surface area contributed by atoms with E-state index < -0.39 is 91.8 Å². The fourth-order valence-electron chi connectivity index (χ4n) is 11.9. The zero-order valence-electron chi connectivity index (χ0n) is 51.6. The summed E-state index contributed by atoms with van der Waals surface area (Å²) in [4.78, 5) is 66.3. The van der Waals surface area contributed by atoms with Gasteiger partial charge >= 0.3 is 19.3 Å². The summed E-state index contributed by atoms with van der Waals surface area (Å²) in [5.74, 6) is 1.00. The number of hydrogen-bond acceptors (Lipinski definition) is 24. The monoisotopic (exact) mass is 1370 g/mol. The van der Waals surface area contributed by atoms with Gasteiger partial charge in [-0.25, -0.2) is 33.9 Å². The molecule has 0 bridgehead atoms. The van der Waals surface area contributed by atoms with Crippen molar-refractivity contribution in [3.8, 4) is 11.5 Å². The van der Waals surface area contributed by atoms with Crippen molar-refractivity contribution in [2.45, 2.75) is 97.7 Å². The third-order valence-corrected chi connectivity index (χ3v) is 23.9. The zero-order chi connectivity index (χ0) is 66.0. The Morgan fingerprint density at radius 1 is 0.579 bits per heavy atom. The minimum atomic E-state index is -4.55. The van der Waals surface area contributed by atoms with Crippen LogP contribution < -0.4 is 37.7 Å².